The number of unbranched alkanes of at least 4 members (excludes halogenated alkanes) is 7. The Kier molecular flexibility index (Phi) is 11.8. The second-order valence-corrected chi connectivity index (χ2v) is 10.4. The van der Waals surface area contributed by atoms with Crippen LogP contribution in [0.5, 0.6) is 5.75 Å². The monoisotopic (exact) mass is 494 g/mol. The predicted octanol–water partition coefficient (Wildman–Crippen LogP) is 8.20. The van der Waals surface area contributed by atoms with Crippen LogP contribution in [0.2, 0.25) is 0 Å². The SMILES string of the molecule is CCCCCCCCOC(=O)C1CCC(O)(c2ccc(-c3ccc(OCCCCC)cc3)cc2)CC1. The summed E-state index contributed by atoms with van der Waals surface area (Å²) in [4.78, 5) is 12.5. The molecule has 0 amide bonds. The zero-order valence-electron chi connectivity index (χ0n) is 22.5. The smallest absolute Gasteiger partial charge is 0.308 e. The fourth-order valence-electron chi connectivity index (χ4n) is 5.05. The van der Waals surface area contributed by atoms with Crippen molar-refractivity contribution in [1.29, 1.82) is 0 Å². The summed E-state index contributed by atoms with van der Waals surface area (Å²) in [5.74, 6) is 0.731. The molecule has 0 heterocycles. The summed E-state index contributed by atoms with van der Waals surface area (Å²) in [6.07, 6.45) is 13.1. The molecule has 2 aromatic carbocycles. The van der Waals surface area contributed by atoms with Crippen molar-refractivity contribution in [2.24, 2.45) is 5.92 Å². The first-order valence-corrected chi connectivity index (χ1v) is 14.3. The van der Waals surface area contributed by atoms with Gasteiger partial charge >= 0.3 is 5.97 Å². The van der Waals surface area contributed by atoms with Gasteiger partial charge in [0.2, 0.25) is 0 Å². The average Bonchev–Trinajstić information content (AvgIpc) is 2.91. The second kappa shape index (κ2) is 15.0. The van der Waals surface area contributed by atoms with E-state index < -0.39 is 5.60 Å². The highest BCUT2D eigenvalue weighted by molar-refractivity contribution is 5.72. The molecule has 0 aliphatic heterocycles. The Labute approximate surface area is 218 Å². The maximum Gasteiger partial charge on any atom is 0.308 e. The maximum atomic E-state index is 12.5. The lowest BCUT2D eigenvalue weighted by atomic mass is 9.75. The van der Waals surface area contributed by atoms with Crippen molar-refractivity contribution < 1.29 is 19.4 Å². The summed E-state index contributed by atoms with van der Waals surface area (Å²) in [5, 5.41) is 11.3. The third-order valence-corrected chi connectivity index (χ3v) is 7.51. The third-order valence-electron chi connectivity index (χ3n) is 7.51. The number of carbonyl (C=O) groups excluding carboxylic acids is 1. The summed E-state index contributed by atoms with van der Waals surface area (Å²) < 4.78 is 11.4. The van der Waals surface area contributed by atoms with Gasteiger partial charge in [0, 0.05) is 0 Å². The Morgan fingerprint density at radius 1 is 0.778 bits per heavy atom. The molecule has 3 rings (SSSR count). The molecule has 4 heteroatoms. The third kappa shape index (κ3) is 8.65. The normalized spacial score (nSPS) is 19.7. The molecular formula is C32H46O4. The molecule has 0 bridgehead atoms. The number of rotatable bonds is 15. The average molecular weight is 495 g/mol. The molecule has 0 atom stereocenters. The van der Waals surface area contributed by atoms with E-state index in [1.54, 1.807) is 0 Å². The minimum atomic E-state index is -0.870. The number of ether oxygens (including phenoxy) is 2. The van der Waals surface area contributed by atoms with Crippen molar-refractivity contribution in [3.63, 3.8) is 0 Å². The molecule has 2 aromatic rings. The summed E-state index contributed by atoms with van der Waals surface area (Å²) >= 11 is 0. The number of hydrogen-bond acceptors (Lipinski definition) is 4. The molecule has 1 fully saturated rings. The van der Waals surface area contributed by atoms with Gasteiger partial charge in [0.1, 0.15) is 5.75 Å². The molecule has 0 unspecified atom stereocenters. The van der Waals surface area contributed by atoms with Crippen LogP contribution in [0.25, 0.3) is 11.1 Å². The van der Waals surface area contributed by atoms with E-state index in [4.69, 9.17) is 9.47 Å². The molecule has 1 aliphatic rings. The topological polar surface area (TPSA) is 55.8 Å². The first-order chi connectivity index (χ1) is 17.6. The highest BCUT2D eigenvalue weighted by Gasteiger charge is 2.37. The molecule has 0 spiro atoms. The van der Waals surface area contributed by atoms with Crippen molar-refractivity contribution in [3.05, 3.63) is 54.1 Å². The molecule has 0 radical (unpaired) electrons. The first kappa shape index (κ1) is 28.2. The van der Waals surface area contributed by atoms with Gasteiger partial charge in [0.15, 0.2) is 0 Å². The van der Waals surface area contributed by atoms with E-state index >= 15 is 0 Å². The van der Waals surface area contributed by atoms with Gasteiger partial charge in [-0.15, -0.1) is 0 Å². The van der Waals surface area contributed by atoms with Gasteiger partial charge < -0.3 is 14.6 Å². The van der Waals surface area contributed by atoms with Crippen LogP contribution in [0.1, 0.15) is 103 Å². The predicted molar refractivity (Wildman–Crippen MR) is 147 cm³/mol. The summed E-state index contributed by atoms with van der Waals surface area (Å²) in [6, 6.07) is 16.4. The van der Waals surface area contributed by atoms with Crippen LogP contribution in [0.3, 0.4) is 0 Å². The van der Waals surface area contributed by atoms with Crippen molar-refractivity contribution in [2.45, 2.75) is 103 Å². The zero-order chi connectivity index (χ0) is 25.6. The second-order valence-electron chi connectivity index (χ2n) is 10.4. The van der Waals surface area contributed by atoms with E-state index in [0.29, 0.717) is 32.3 Å². The molecule has 0 aromatic heterocycles. The Morgan fingerprint density at radius 3 is 1.94 bits per heavy atom. The van der Waals surface area contributed by atoms with Gasteiger partial charge in [-0.3, -0.25) is 4.79 Å². The minimum Gasteiger partial charge on any atom is -0.494 e. The van der Waals surface area contributed by atoms with Crippen LogP contribution < -0.4 is 4.74 Å². The van der Waals surface area contributed by atoms with Gasteiger partial charge in [-0.1, -0.05) is 95.2 Å². The van der Waals surface area contributed by atoms with Crippen molar-refractivity contribution >= 4 is 5.97 Å². The van der Waals surface area contributed by atoms with Crippen molar-refractivity contribution in [1.82, 2.24) is 0 Å². The van der Waals surface area contributed by atoms with Crippen LogP contribution in [0, 0.1) is 5.92 Å². The van der Waals surface area contributed by atoms with Crippen LogP contribution >= 0.6 is 0 Å². The quantitative estimate of drug-likeness (QED) is 0.200. The lowest BCUT2D eigenvalue weighted by molar-refractivity contribution is -0.152. The minimum absolute atomic E-state index is 0.0845. The van der Waals surface area contributed by atoms with Gasteiger partial charge in [-0.2, -0.15) is 0 Å². The summed E-state index contributed by atoms with van der Waals surface area (Å²) in [6.45, 7) is 5.70. The first-order valence-electron chi connectivity index (χ1n) is 14.3. The lowest BCUT2D eigenvalue weighted by Crippen LogP contribution is -2.34. The number of esters is 1. The highest BCUT2D eigenvalue weighted by atomic mass is 16.5. The van der Waals surface area contributed by atoms with Crippen LogP contribution in [-0.4, -0.2) is 24.3 Å². The maximum absolute atomic E-state index is 12.5. The Balaban J connectivity index is 1.44. The fraction of sp³-hybridized carbons (Fsp3) is 0.594. The van der Waals surface area contributed by atoms with E-state index in [0.717, 1.165) is 48.3 Å². The molecule has 1 saturated carbocycles. The van der Waals surface area contributed by atoms with E-state index in [9.17, 15) is 9.90 Å². The van der Waals surface area contributed by atoms with E-state index in [2.05, 4.69) is 38.1 Å². The Hall–Kier alpha value is -2.33. The molecule has 36 heavy (non-hydrogen) atoms. The fourth-order valence-corrected chi connectivity index (χ4v) is 5.05. The molecule has 198 valence electrons. The molecule has 1 aliphatic carbocycles. The highest BCUT2D eigenvalue weighted by Crippen LogP contribution is 2.40. The van der Waals surface area contributed by atoms with E-state index in [1.165, 1.54) is 38.5 Å². The number of benzene rings is 2. The van der Waals surface area contributed by atoms with Crippen molar-refractivity contribution in [2.75, 3.05) is 13.2 Å². The molecular weight excluding hydrogens is 448 g/mol. The van der Waals surface area contributed by atoms with Gasteiger partial charge in [-0.05, 0) is 67.3 Å². The lowest BCUT2D eigenvalue weighted by Gasteiger charge is -2.35. The van der Waals surface area contributed by atoms with Crippen molar-refractivity contribution in [3.8, 4) is 16.9 Å². The van der Waals surface area contributed by atoms with Crippen LogP contribution in [0.15, 0.2) is 48.5 Å². The largest absolute Gasteiger partial charge is 0.494 e. The van der Waals surface area contributed by atoms with Gasteiger partial charge in [0.05, 0.1) is 24.7 Å². The Bertz CT molecular complexity index is 879. The molecule has 4 nitrogen and oxygen atoms in total. The number of aliphatic hydroxyl groups is 1. The summed E-state index contributed by atoms with van der Waals surface area (Å²) in [5.41, 5.74) is 2.31. The molecule has 0 saturated heterocycles. The summed E-state index contributed by atoms with van der Waals surface area (Å²) in [7, 11) is 0. The van der Waals surface area contributed by atoms with E-state index in [1.807, 2.05) is 24.3 Å². The standard InChI is InChI=1S/C32H46O4/c1-3-5-7-8-9-11-25-36-31(33)28-20-22-32(34,23-21-28)29-16-12-26(13-17-29)27-14-18-30(19-15-27)35-24-10-6-4-2/h12-19,28,34H,3-11,20-25H2,1-2H3. The van der Waals surface area contributed by atoms with Crippen LogP contribution in [-0.2, 0) is 15.1 Å². The zero-order valence-corrected chi connectivity index (χ0v) is 22.5. The van der Waals surface area contributed by atoms with Crippen LogP contribution in [0.4, 0.5) is 0 Å². The molecule has 1 N–H and O–H groups in total. The van der Waals surface area contributed by atoms with E-state index in [-0.39, 0.29) is 11.9 Å². The van der Waals surface area contributed by atoms with Gasteiger partial charge in [0.25, 0.3) is 0 Å². The number of hydrogen-bond donors (Lipinski definition) is 1. The number of carbonyl (C=O) groups is 1. The Morgan fingerprint density at radius 2 is 1.31 bits per heavy atom. The van der Waals surface area contributed by atoms with Gasteiger partial charge in [-0.25, -0.2) is 0 Å².